The van der Waals surface area contributed by atoms with Crippen LogP contribution in [0, 0.1) is 0 Å². The molecule has 2 saturated carbocycles. The number of nitrogens with zero attached hydrogens (tertiary/aromatic N) is 4. The van der Waals surface area contributed by atoms with Gasteiger partial charge < -0.3 is 28.4 Å². The summed E-state index contributed by atoms with van der Waals surface area (Å²) in [7, 11) is 0. The van der Waals surface area contributed by atoms with Gasteiger partial charge in [0.25, 0.3) is 0 Å². The van der Waals surface area contributed by atoms with Crippen molar-refractivity contribution in [3.05, 3.63) is 350 Å². The van der Waals surface area contributed by atoms with Crippen LogP contribution in [0.15, 0.2) is 336 Å². The van der Waals surface area contributed by atoms with Crippen molar-refractivity contribution in [1.29, 1.82) is 0 Å². The predicted molar refractivity (Wildman–Crippen MR) is 475 cm³/mol. The van der Waals surface area contributed by atoms with Crippen molar-refractivity contribution in [2.45, 2.75) is 116 Å². The summed E-state index contributed by atoms with van der Waals surface area (Å²) in [5.41, 5.74) is 24.1. The van der Waals surface area contributed by atoms with Crippen molar-refractivity contribution in [2.75, 3.05) is 19.6 Å². The molecule has 0 radical (unpaired) electrons. The lowest BCUT2D eigenvalue weighted by Crippen LogP contribution is -2.11. The first-order valence-electron chi connectivity index (χ1n) is 40.7. The average molecular weight is 1450 g/mol. The molecule has 0 saturated heterocycles. The molecule has 2 aromatic heterocycles. The first-order chi connectivity index (χ1) is 55.2. The molecule has 0 amide bonds. The normalized spacial score (nSPS) is 13.8. The third-order valence-electron chi connectivity index (χ3n) is 24.5. The quantitative estimate of drug-likeness (QED) is 0.0905. The van der Waals surface area contributed by atoms with Gasteiger partial charge in [-0.15, -0.1) is 0 Å². The first-order valence-corrected chi connectivity index (χ1v) is 40.7. The standard InChI is InChI=1S/C106H90N4O2/c1-69(2)71-44-54-81(55-45-71)107(79-31-13-7-14-32-79)97-65-95-104-92-41-22-18-37-88(92)100(68-102(104)112-105(95)93-42-23-19-38-89(93)97)110(85-56-46-72(47-57-85)70(3)4)86-35-25-30-78(64-86)77-52-62-84(63-53-77)109(83-60-50-76(51-61-83)74-28-11-6-12-29-74)98-66-96-103-91-40-21-17-36-87(91)99(67-101(103)111-106(96)94-43-24-20-39-90(94)98)108(80-33-15-8-16-34-80)82-58-48-75(49-59-82)73-26-9-5-10-27-73/h7-8,13-25,30-70,73-74H,5-6,9-12,26-29H2,1-4H3. The first kappa shape index (κ1) is 68.6. The molecule has 546 valence electrons. The molecular weight excluding hydrogens is 1360 g/mol. The zero-order valence-corrected chi connectivity index (χ0v) is 64.2. The van der Waals surface area contributed by atoms with Gasteiger partial charge in [0, 0.05) is 111 Å². The van der Waals surface area contributed by atoms with Crippen LogP contribution in [0.25, 0.3) is 98.1 Å². The number of furan rings is 2. The Hall–Kier alpha value is -12.6. The maximum atomic E-state index is 7.38. The van der Waals surface area contributed by atoms with Crippen LogP contribution >= 0.6 is 0 Å². The second-order valence-electron chi connectivity index (χ2n) is 31.9. The van der Waals surface area contributed by atoms with E-state index in [-0.39, 0.29) is 0 Å². The van der Waals surface area contributed by atoms with E-state index in [2.05, 4.69) is 375 Å². The lowest BCUT2D eigenvalue weighted by molar-refractivity contribution is 0.443. The van der Waals surface area contributed by atoms with Crippen LogP contribution in [0.3, 0.4) is 0 Å². The molecule has 2 aliphatic carbocycles. The van der Waals surface area contributed by atoms with Crippen molar-refractivity contribution in [2.24, 2.45) is 0 Å². The van der Waals surface area contributed by atoms with Crippen molar-refractivity contribution >= 4 is 155 Å². The monoisotopic (exact) mass is 1450 g/mol. The molecule has 16 aromatic carbocycles. The highest BCUT2D eigenvalue weighted by molar-refractivity contribution is 6.29. The Kier molecular flexibility index (Phi) is 17.8. The van der Waals surface area contributed by atoms with Crippen LogP contribution in [0.1, 0.15) is 138 Å². The summed E-state index contributed by atoms with van der Waals surface area (Å²) in [5, 5.41) is 13.3. The fourth-order valence-corrected chi connectivity index (χ4v) is 18.8. The summed E-state index contributed by atoms with van der Waals surface area (Å²) in [6, 6.07) is 122. The van der Waals surface area contributed by atoms with E-state index in [1.165, 1.54) is 86.5 Å². The number of para-hydroxylation sites is 2. The van der Waals surface area contributed by atoms with Crippen LogP contribution in [-0.4, -0.2) is 0 Å². The summed E-state index contributed by atoms with van der Waals surface area (Å²) in [5.74, 6) is 1.98. The van der Waals surface area contributed by atoms with Gasteiger partial charge in [0.15, 0.2) is 0 Å². The summed E-state index contributed by atoms with van der Waals surface area (Å²) >= 11 is 0. The van der Waals surface area contributed by atoms with E-state index < -0.39 is 0 Å². The van der Waals surface area contributed by atoms with Gasteiger partial charge in [0.2, 0.25) is 0 Å². The molecule has 2 heterocycles. The molecule has 0 unspecified atom stereocenters. The molecule has 112 heavy (non-hydrogen) atoms. The molecule has 6 nitrogen and oxygen atoms in total. The van der Waals surface area contributed by atoms with Crippen LogP contribution in [0.5, 0.6) is 0 Å². The van der Waals surface area contributed by atoms with Crippen molar-refractivity contribution in [1.82, 2.24) is 0 Å². The third-order valence-corrected chi connectivity index (χ3v) is 24.5. The summed E-state index contributed by atoms with van der Waals surface area (Å²) < 4.78 is 14.8. The Morgan fingerprint density at radius 2 is 0.545 bits per heavy atom. The largest absolute Gasteiger partial charge is 0.455 e. The molecule has 0 atom stereocenters. The number of hydrogen-bond acceptors (Lipinski definition) is 6. The smallest absolute Gasteiger partial charge is 0.143 e. The molecule has 0 N–H and O–H groups in total. The topological polar surface area (TPSA) is 39.2 Å². The van der Waals surface area contributed by atoms with Crippen LogP contribution in [0.4, 0.5) is 68.2 Å². The van der Waals surface area contributed by atoms with Gasteiger partial charge in [0.05, 0.1) is 22.7 Å². The second kappa shape index (κ2) is 29.0. The SMILES string of the molecule is CC(C)c1ccc(N(c2ccccc2)c2cc3c(oc4cc(N(c5ccc(C(C)C)cc5)c5cccc(-c6ccc(N(c7ccc(C8CCCCC8)cc7)c7cc8c(oc9cc(N(c%10ccccc%10)c%10ccc(C%11CCCCC%11)cc%10)c%10ccccc%10c98)c8ccccc78)cc6)c5)c5ccccc5c43)c3ccccc23)cc1. The van der Waals surface area contributed by atoms with Crippen molar-refractivity contribution < 1.29 is 8.83 Å². The summed E-state index contributed by atoms with van der Waals surface area (Å²) in [6.45, 7) is 9.05. The number of rotatable bonds is 17. The van der Waals surface area contributed by atoms with E-state index in [1.54, 1.807) is 0 Å². The van der Waals surface area contributed by atoms with E-state index in [9.17, 15) is 0 Å². The van der Waals surface area contributed by atoms with Crippen LogP contribution in [0.2, 0.25) is 0 Å². The predicted octanol–water partition coefficient (Wildman–Crippen LogP) is 32.0. The minimum atomic E-state index is 0.369. The van der Waals surface area contributed by atoms with Gasteiger partial charge in [-0.05, 0) is 203 Å². The zero-order valence-electron chi connectivity index (χ0n) is 64.2. The Labute approximate surface area is 656 Å². The van der Waals surface area contributed by atoms with Crippen LogP contribution < -0.4 is 19.6 Å². The Bertz CT molecular complexity index is 6510. The lowest BCUT2D eigenvalue weighted by atomic mass is 9.84. The Balaban J connectivity index is 0.719. The van der Waals surface area contributed by atoms with E-state index >= 15 is 0 Å². The minimum Gasteiger partial charge on any atom is -0.455 e. The van der Waals surface area contributed by atoms with Gasteiger partial charge in [-0.3, -0.25) is 0 Å². The molecule has 0 aliphatic heterocycles. The maximum absolute atomic E-state index is 7.38. The Morgan fingerprint density at radius 3 is 0.929 bits per heavy atom. The van der Waals surface area contributed by atoms with Crippen molar-refractivity contribution in [3.8, 4) is 11.1 Å². The second-order valence-corrected chi connectivity index (χ2v) is 31.9. The number of anilines is 12. The average Bonchev–Trinajstić information content (AvgIpc) is 1.54. The van der Waals surface area contributed by atoms with Gasteiger partial charge >= 0.3 is 0 Å². The fraction of sp³-hybridized carbons (Fsp3) is 0.170. The van der Waals surface area contributed by atoms with Gasteiger partial charge in [-0.1, -0.05) is 272 Å². The van der Waals surface area contributed by atoms with E-state index in [0.29, 0.717) is 23.7 Å². The molecule has 18 aromatic rings. The van der Waals surface area contributed by atoms with Gasteiger partial charge in [-0.2, -0.15) is 0 Å². The molecular formula is C106H90N4O2. The maximum Gasteiger partial charge on any atom is 0.143 e. The fourth-order valence-electron chi connectivity index (χ4n) is 18.8. The van der Waals surface area contributed by atoms with E-state index in [1.807, 2.05) is 0 Å². The molecule has 2 aliphatic rings. The highest BCUT2D eigenvalue weighted by Gasteiger charge is 2.29. The number of fused-ring (bicyclic) bond motifs is 14. The van der Waals surface area contributed by atoms with E-state index in [4.69, 9.17) is 8.83 Å². The van der Waals surface area contributed by atoms with Gasteiger partial charge in [-0.25, -0.2) is 0 Å². The minimum absolute atomic E-state index is 0.369. The van der Waals surface area contributed by atoms with Crippen molar-refractivity contribution in [3.63, 3.8) is 0 Å². The van der Waals surface area contributed by atoms with Crippen LogP contribution in [-0.2, 0) is 0 Å². The molecule has 2 fully saturated rings. The third kappa shape index (κ3) is 12.3. The van der Waals surface area contributed by atoms with E-state index in [0.717, 1.165) is 166 Å². The lowest BCUT2D eigenvalue weighted by Gasteiger charge is -2.29. The molecule has 20 rings (SSSR count). The summed E-state index contributed by atoms with van der Waals surface area (Å²) in [4.78, 5) is 9.77. The Morgan fingerprint density at radius 1 is 0.241 bits per heavy atom. The highest BCUT2D eigenvalue weighted by atomic mass is 16.3. The molecule has 0 bridgehead atoms. The molecule has 6 heteroatoms. The highest BCUT2D eigenvalue weighted by Crippen LogP contribution is 2.53. The zero-order chi connectivity index (χ0) is 74.9. The summed E-state index contributed by atoms with van der Waals surface area (Å²) in [6.07, 6.45) is 12.9. The molecule has 0 spiro atoms. The number of benzene rings is 16. The number of hydrogen-bond donors (Lipinski definition) is 0. The van der Waals surface area contributed by atoms with Gasteiger partial charge in [0.1, 0.15) is 22.3 Å².